The molecule has 0 unspecified atom stereocenters. The molecule has 1 fully saturated rings. The summed E-state index contributed by atoms with van der Waals surface area (Å²) in [5.41, 5.74) is 3.89. The Hall–Kier alpha value is -2.84. The second-order valence-electron chi connectivity index (χ2n) is 8.43. The van der Waals surface area contributed by atoms with E-state index >= 15 is 0 Å². The van der Waals surface area contributed by atoms with Crippen molar-refractivity contribution >= 4 is 33.7 Å². The maximum atomic E-state index is 13.9. The Morgan fingerprint density at radius 1 is 1.12 bits per heavy atom. The summed E-state index contributed by atoms with van der Waals surface area (Å²) in [4.78, 5) is 14.7. The molecular formula is C24H27ClFN5O2. The number of aryl methyl sites for hydroxylation is 1. The normalized spacial score (nSPS) is 14.9. The first-order valence-electron chi connectivity index (χ1n) is 11.3. The van der Waals surface area contributed by atoms with Crippen LogP contribution in [0.3, 0.4) is 0 Å². The zero-order valence-corrected chi connectivity index (χ0v) is 19.6. The molecule has 33 heavy (non-hydrogen) atoms. The maximum Gasteiger partial charge on any atom is 0.257 e. The van der Waals surface area contributed by atoms with Gasteiger partial charge in [-0.05, 0) is 45.0 Å². The lowest BCUT2D eigenvalue weighted by Crippen LogP contribution is -2.31. The number of hydrogen-bond donors (Lipinski definition) is 1. The van der Waals surface area contributed by atoms with Gasteiger partial charge >= 0.3 is 0 Å². The number of pyridine rings is 2. The van der Waals surface area contributed by atoms with Gasteiger partial charge in [-0.15, -0.1) is 0 Å². The maximum absolute atomic E-state index is 13.9. The third-order valence-corrected chi connectivity index (χ3v) is 6.74. The third kappa shape index (κ3) is 4.13. The van der Waals surface area contributed by atoms with Crippen molar-refractivity contribution < 1.29 is 13.9 Å². The van der Waals surface area contributed by atoms with E-state index in [1.165, 1.54) is 32.4 Å². The van der Waals surface area contributed by atoms with Gasteiger partial charge in [0, 0.05) is 29.8 Å². The molecule has 5 heterocycles. The number of piperidine rings is 1. The Kier molecular flexibility index (Phi) is 6.12. The molecule has 1 N–H and O–H groups in total. The molecule has 0 bridgehead atoms. The van der Waals surface area contributed by atoms with Crippen LogP contribution in [0, 0.1) is 5.82 Å². The molecule has 4 aromatic heterocycles. The van der Waals surface area contributed by atoms with Crippen molar-refractivity contribution in [2.24, 2.45) is 0 Å². The van der Waals surface area contributed by atoms with E-state index < -0.39 is 5.82 Å². The highest BCUT2D eigenvalue weighted by Gasteiger charge is 2.20. The lowest BCUT2D eigenvalue weighted by Gasteiger charge is -2.26. The fourth-order valence-corrected chi connectivity index (χ4v) is 4.85. The van der Waals surface area contributed by atoms with E-state index in [1.807, 2.05) is 12.1 Å². The van der Waals surface area contributed by atoms with E-state index in [2.05, 4.69) is 25.6 Å². The number of ether oxygens (including phenoxy) is 2. The topological polar surface area (TPSA) is 68.2 Å². The van der Waals surface area contributed by atoms with Crippen LogP contribution in [0.2, 0.25) is 5.02 Å². The Bertz CT molecular complexity index is 1300. The molecule has 174 valence electrons. The summed E-state index contributed by atoms with van der Waals surface area (Å²) in [6.07, 6.45) is 8.14. The number of likely N-dealkylation sites (tertiary alicyclic amines) is 1. The summed E-state index contributed by atoms with van der Waals surface area (Å²) in [6.45, 7) is 4.28. The highest BCUT2D eigenvalue weighted by Crippen LogP contribution is 2.37. The highest BCUT2D eigenvalue weighted by molar-refractivity contribution is 6.35. The smallest absolute Gasteiger partial charge is 0.257 e. The van der Waals surface area contributed by atoms with E-state index in [-0.39, 0.29) is 5.02 Å². The summed E-state index contributed by atoms with van der Waals surface area (Å²) in [5, 5.41) is 0.595. The molecule has 4 aromatic rings. The van der Waals surface area contributed by atoms with Crippen molar-refractivity contribution in [3.63, 3.8) is 0 Å². The second-order valence-corrected chi connectivity index (χ2v) is 8.80. The zero-order valence-electron chi connectivity index (χ0n) is 18.8. The summed E-state index contributed by atoms with van der Waals surface area (Å²) in [6, 6.07) is 3.78. The average Bonchev–Trinajstić information content (AvgIpc) is 3.43. The molecule has 1 saturated heterocycles. The molecule has 0 atom stereocenters. The van der Waals surface area contributed by atoms with Crippen LogP contribution in [0.25, 0.3) is 33.3 Å². The number of aromatic amines is 1. The molecule has 0 spiro atoms. The Labute approximate surface area is 196 Å². The van der Waals surface area contributed by atoms with Crippen molar-refractivity contribution in [3.05, 3.63) is 35.4 Å². The Morgan fingerprint density at radius 3 is 2.70 bits per heavy atom. The van der Waals surface area contributed by atoms with Crippen LogP contribution in [-0.2, 0) is 6.54 Å². The molecule has 5 rings (SSSR count). The van der Waals surface area contributed by atoms with Crippen LogP contribution in [0.15, 0.2) is 24.5 Å². The van der Waals surface area contributed by atoms with Gasteiger partial charge < -0.3 is 23.9 Å². The molecule has 1 aliphatic heterocycles. The number of aromatic nitrogens is 4. The van der Waals surface area contributed by atoms with E-state index in [1.54, 1.807) is 14.2 Å². The Balaban J connectivity index is 1.55. The largest absolute Gasteiger partial charge is 0.491 e. The molecular weight excluding hydrogens is 445 g/mol. The number of fused-ring (bicyclic) bond motifs is 2. The predicted molar refractivity (Wildman–Crippen MR) is 128 cm³/mol. The minimum atomic E-state index is -0.542. The van der Waals surface area contributed by atoms with Gasteiger partial charge in [0.15, 0.2) is 11.6 Å². The van der Waals surface area contributed by atoms with E-state index in [0.29, 0.717) is 22.7 Å². The molecule has 9 heteroatoms. The first-order valence-corrected chi connectivity index (χ1v) is 11.6. The monoisotopic (exact) mass is 471 g/mol. The lowest BCUT2D eigenvalue weighted by atomic mass is 10.1. The molecule has 0 radical (unpaired) electrons. The summed E-state index contributed by atoms with van der Waals surface area (Å²) < 4.78 is 27.1. The quantitative estimate of drug-likeness (QED) is 0.398. The average molecular weight is 472 g/mol. The number of halogens is 2. The van der Waals surface area contributed by atoms with Crippen LogP contribution < -0.4 is 9.47 Å². The van der Waals surface area contributed by atoms with Gasteiger partial charge in [0.1, 0.15) is 11.2 Å². The van der Waals surface area contributed by atoms with E-state index in [0.717, 1.165) is 48.0 Å². The number of rotatable bonds is 7. The standard InChI is InChI=1S/C24H27ClFN5O2/c1-32-20-12-19-22(29-24(20)33-2)16(14-31(19)10-6-9-30-7-4-3-5-8-30)18-11-15-21(25)17(26)13-27-23(15)28-18/h11-14H,3-10H2,1-2H3,(H,27,28). The van der Waals surface area contributed by atoms with Gasteiger partial charge in [0.05, 0.1) is 36.6 Å². The fourth-order valence-electron chi connectivity index (χ4n) is 4.66. The minimum Gasteiger partial charge on any atom is -0.491 e. The first kappa shape index (κ1) is 22.0. The van der Waals surface area contributed by atoms with Crippen molar-refractivity contribution in [1.82, 2.24) is 24.4 Å². The van der Waals surface area contributed by atoms with Gasteiger partial charge in [-0.3, -0.25) is 0 Å². The molecule has 7 nitrogen and oxygen atoms in total. The number of hydrogen-bond acceptors (Lipinski definition) is 5. The van der Waals surface area contributed by atoms with Crippen molar-refractivity contribution in [3.8, 4) is 22.9 Å². The van der Waals surface area contributed by atoms with Crippen LogP contribution in [0.5, 0.6) is 11.6 Å². The van der Waals surface area contributed by atoms with Crippen LogP contribution in [-0.4, -0.2) is 58.3 Å². The van der Waals surface area contributed by atoms with Gasteiger partial charge in [-0.2, -0.15) is 0 Å². The third-order valence-electron chi connectivity index (χ3n) is 6.36. The van der Waals surface area contributed by atoms with Gasteiger partial charge in [0.25, 0.3) is 5.88 Å². The van der Waals surface area contributed by atoms with E-state index in [4.69, 9.17) is 26.1 Å². The summed E-state index contributed by atoms with van der Waals surface area (Å²) in [7, 11) is 3.18. The van der Waals surface area contributed by atoms with Crippen molar-refractivity contribution in [1.29, 1.82) is 0 Å². The zero-order chi connectivity index (χ0) is 22.9. The molecule has 0 saturated carbocycles. The molecule has 1 aliphatic rings. The molecule has 0 aliphatic carbocycles. The van der Waals surface area contributed by atoms with Crippen molar-refractivity contribution in [2.75, 3.05) is 33.9 Å². The van der Waals surface area contributed by atoms with Crippen LogP contribution in [0.4, 0.5) is 4.39 Å². The number of nitrogens with one attached hydrogen (secondary N) is 1. The van der Waals surface area contributed by atoms with Crippen LogP contribution >= 0.6 is 11.6 Å². The SMILES string of the molecule is COc1cc2c(nc1OC)c(-c1cc3c(Cl)c(F)cnc3[nH]1)cn2CCCN1CCCCC1. The summed E-state index contributed by atoms with van der Waals surface area (Å²) >= 11 is 6.18. The number of H-pyrrole nitrogens is 1. The Morgan fingerprint density at radius 2 is 1.94 bits per heavy atom. The number of nitrogens with zero attached hydrogens (tertiary/aromatic N) is 4. The fraction of sp³-hybridized carbons (Fsp3) is 0.417. The molecule has 0 amide bonds. The van der Waals surface area contributed by atoms with Crippen LogP contribution in [0.1, 0.15) is 25.7 Å². The van der Waals surface area contributed by atoms with Gasteiger partial charge in [-0.1, -0.05) is 18.0 Å². The predicted octanol–water partition coefficient (Wildman–Crippen LogP) is 5.27. The molecule has 0 aromatic carbocycles. The first-order chi connectivity index (χ1) is 16.1. The number of methoxy groups -OCH3 is 2. The van der Waals surface area contributed by atoms with Gasteiger partial charge in [-0.25, -0.2) is 14.4 Å². The minimum absolute atomic E-state index is 0.0555. The van der Waals surface area contributed by atoms with E-state index in [9.17, 15) is 4.39 Å². The van der Waals surface area contributed by atoms with Gasteiger partial charge in [0.2, 0.25) is 0 Å². The second kappa shape index (κ2) is 9.19. The lowest BCUT2D eigenvalue weighted by molar-refractivity contribution is 0.223. The summed E-state index contributed by atoms with van der Waals surface area (Å²) in [5.74, 6) is 0.449. The van der Waals surface area contributed by atoms with Crippen molar-refractivity contribution in [2.45, 2.75) is 32.2 Å². The highest BCUT2D eigenvalue weighted by atomic mass is 35.5.